The average Bonchev–Trinajstić information content (AvgIpc) is 2.90. The van der Waals surface area contributed by atoms with Gasteiger partial charge in [0, 0.05) is 31.2 Å². The van der Waals surface area contributed by atoms with Gasteiger partial charge in [-0.2, -0.15) is 0 Å². The minimum absolute atomic E-state index is 0.250. The highest BCUT2D eigenvalue weighted by Crippen LogP contribution is 2.32. The first kappa shape index (κ1) is 19.7. The van der Waals surface area contributed by atoms with Gasteiger partial charge in [0.1, 0.15) is 15.6 Å². The Morgan fingerprint density at radius 1 is 1.56 bits per heavy atom. The third-order valence-electron chi connectivity index (χ3n) is 4.47. The zero-order chi connectivity index (χ0) is 19.8. The first-order chi connectivity index (χ1) is 12.7. The van der Waals surface area contributed by atoms with E-state index in [4.69, 9.17) is 4.78 Å². The van der Waals surface area contributed by atoms with E-state index in [2.05, 4.69) is 15.0 Å². The van der Waals surface area contributed by atoms with Gasteiger partial charge in [-0.3, -0.25) is 4.98 Å². The lowest BCUT2D eigenvalue weighted by Gasteiger charge is -2.18. The lowest BCUT2D eigenvalue weighted by Crippen LogP contribution is -2.35. The first-order valence-electron chi connectivity index (χ1n) is 8.26. The molecule has 148 valence electrons. The van der Waals surface area contributed by atoms with Gasteiger partial charge >= 0.3 is 0 Å². The van der Waals surface area contributed by atoms with Gasteiger partial charge in [-0.1, -0.05) is 0 Å². The van der Waals surface area contributed by atoms with Crippen LogP contribution in [0.1, 0.15) is 36.0 Å². The second-order valence-corrected chi connectivity index (χ2v) is 8.17. The van der Waals surface area contributed by atoms with Gasteiger partial charge in [-0.15, -0.1) is 0 Å². The number of aryl methyl sites for hydroxylation is 1. The van der Waals surface area contributed by atoms with Crippen LogP contribution in [0.15, 0.2) is 29.4 Å². The van der Waals surface area contributed by atoms with Gasteiger partial charge < -0.3 is 20.1 Å². The average molecular weight is 401 g/mol. The molecule has 0 fully saturated rings. The summed E-state index contributed by atoms with van der Waals surface area (Å²) in [5, 5.41) is 22.7. The van der Waals surface area contributed by atoms with Crippen molar-refractivity contribution in [3.8, 4) is 0 Å². The summed E-state index contributed by atoms with van der Waals surface area (Å²) in [6.07, 6.45) is -0.439. The zero-order valence-corrected chi connectivity index (χ0v) is 15.3. The van der Waals surface area contributed by atoms with Crippen molar-refractivity contribution in [1.82, 2.24) is 14.3 Å². The maximum absolute atomic E-state index is 12.8. The highest BCUT2D eigenvalue weighted by atomic mass is 32.2. The second-order valence-electron chi connectivity index (χ2n) is 6.38. The van der Waals surface area contributed by atoms with Crippen LogP contribution in [0, 0.1) is 4.78 Å². The molecule has 0 spiro atoms. The summed E-state index contributed by atoms with van der Waals surface area (Å²) in [5.41, 5.74) is 0.779. The van der Waals surface area contributed by atoms with E-state index < -0.39 is 34.3 Å². The quantitative estimate of drug-likeness (QED) is 0.488. The monoisotopic (exact) mass is 401 g/mol. The predicted molar refractivity (Wildman–Crippen MR) is 94.6 cm³/mol. The maximum Gasteiger partial charge on any atom is 0.280 e. The maximum atomic E-state index is 12.8. The Labute approximate surface area is 155 Å². The van der Waals surface area contributed by atoms with Crippen molar-refractivity contribution in [2.24, 2.45) is 7.05 Å². The van der Waals surface area contributed by atoms with Gasteiger partial charge in [0.15, 0.2) is 6.23 Å². The Bertz CT molecular complexity index is 932. The molecule has 0 saturated heterocycles. The Morgan fingerprint density at radius 2 is 2.30 bits per heavy atom. The fraction of sp³-hybridized carbons (Fsp3) is 0.438. The molecule has 1 aliphatic rings. The number of pyridine rings is 1. The first-order valence-corrected chi connectivity index (χ1v) is 9.82. The number of nitrogens with zero attached hydrogens (tertiary/aromatic N) is 2. The van der Waals surface area contributed by atoms with Crippen LogP contribution in [0.4, 0.5) is 14.5 Å². The number of aliphatic hydroxyl groups excluding tert-OH is 2. The smallest absolute Gasteiger partial charge is 0.280 e. The van der Waals surface area contributed by atoms with Crippen LogP contribution in [0.25, 0.3) is 0 Å². The van der Waals surface area contributed by atoms with Crippen molar-refractivity contribution in [3.05, 3.63) is 41.5 Å². The summed E-state index contributed by atoms with van der Waals surface area (Å²) in [6, 6.07) is 2.11. The molecule has 0 saturated carbocycles. The summed E-state index contributed by atoms with van der Waals surface area (Å²) in [4.78, 5) is 3.82. The molecule has 0 aliphatic carbocycles. The van der Waals surface area contributed by atoms with Crippen molar-refractivity contribution < 1.29 is 23.2 Å². The number of nitrogens with one attached hydrogen (secondary N) is 3. The highest BCUT2D eigenvalue weighted by Gasteiger charge is 2.30. The molecule has 3 rings (SSSR count). The molecule has 0 radical (unpaired) electrons. The van der Waals surface area contributed by atoms with E-state index in [0.29, 0.717) is 24.1 Å². The zero-order valence-electron chi connectivity index (χ0n) is 14.5. The molecule has 2 aromatic rings. The summed E-state index contributed by atoms with van der Waals surface area (Å²) < 4.78 is 50.7. The molecule has 3 atom stereocenters. The normalized spacial score (nSPS) is 23.7. The molecule has 0 aromatic carbocycles. The van der Waals surface area contributed by atoms with E-state index in [0.717, 1.165) is 6.07 Å². The molecule has 8 nitrogen and oxygen atoms in total. The summed E-state index contributed by atoms with van der Waals surface area (Å²) in [7, 11) is -1.70. The Hall–Kier alpha value is -2.08. The molecule has 27 heavy (non-hydrogen) atoms. The number of aliphatic hydroxyl groups is 2. The third-order valence-corrected chi connectivity index (χ3v) is 6.11. The molecule has 2 aromatic heterocycles. The van der Waals surface area contributed by atoms with Crippen molar-refractivity contribution in [2.75, 3.05) is 11.9 Å². The summed E-state index contributed by atoms with van der Waals surface area (Å²) >= 11 is 0. The number of aromatic nitrogens is 2. The third kappa shape index (κ3) is 3.95. The van der Waals surface area contributed by atoms with Gasteiger partial charge in [-0.05, 0) is 30.5 Å². The fourth-order valence-electron chi connectivity index (χ4n) is 3.21. The van der Waals surface area contributed by atoms with Crippen molar-refractivity contribution >= 4 is 15.6 Å². The van der Waals surface area contributed by atoms with E-state index in [1.54, 1.807) is 11.6 Å². The van der Waals surface area contributed by atoms with E-state index in [9.17, 15) is 23.2 Å². The molecule has 5 N–H and O–H groups in total. The van der Waals surface area contributed by atoms with Crippen LogP contribution in [-0.2, 0) is 23.4 Å². The van der Waals surface area contributed by atoms with Crippen molar-refractivity contribution in [1.29, 1.82) is 4.78 Å². The number of hydrogen-bond donors (Lipinski definition) is 5. The molecular weight excluding hydrogens is 380 g/mol. The van der Waals surface area contributed by atoms with E-state index in [1.165, 1.54) is 18.5 Å². The van der Waals surface area contributed by atoms with Gasteiger partial charge in [-0.25, -0.2) is 22.5 Å². The minimum Gasteiger partial charge on any atom is -0.395 e. The van der Waals surface area contributed by atoms with Gasteiger partial charge in [0.25, 0.3) is 6.43 Å². The standard InChI is InChI=1S/C16H21F2N5O3S/c1-23-7-13-11(3-2-10(8-24)22-27(13,19)26)14(23)16(25)21-9-4-5-20-12(6-9)15(17)18/h4-7,10,15-16,24-25H,2-3,8H2,1H3,(H,20,21)(H2,19,22,26)/t10-,16?,27?/m1/s1. The second kappa shape index (κ2) is 7.50. The number of halogens is 2. The van der Waals surface area contributed by atoms with Crippen LogP contribution >= 0.6 is 0 Å². The minimum atomic E-state index is -3.34. The molecule has 1 aliphatic heterocycles. The Kier molecular flexibility index (Phi) is 5.47. The Balaban J connectivity index is 1.94. The van der Waals surface area contributed by atoms with Crippen molar-refractivity contribution in [3.63, 3.8) is 0 Å². The summed E-state index contributed by atoms with van der Waals surface area (Å²) in [5.74, 6) is 0. The molecule has 0 amide bonds. The van der Waals surface area contributed by atoms with Gasteiger partial charge in [0.05, 0.1) is 17.2 Å². The molecule has 11 heteroatoms. The lowest BCUT2D eigenvalue weighted by atomic mass is 10.1. The molecular formula is C16H21F2N5O3S. The number of fused-ring (bicyclic) bond motifs is 1. The van der Waals surface area contributed by atoms with Crippen molar-refractivity contribution in [2.45, 2.75) is 36.4 Å². The Morgan fingerprint density at radius 3 is 2.96 bits per heavy atom. The van der Waals surface area contributed by atoms with Gasteiger partial charge in [0.2, 0.25) is 0 Å². The van der Waals surface area contributed by atoms with Crippen LogP contribution in [0.3, 0.4) is 0 Å². The fourth-order valence-corrected chi connectivity index (χ4v) is 4.86. The van der Waals surface area contributed by atoms with Crippen LogP contribution in [-0.4, -0.2) is 36.6 Å². The number of rotatable bonds is 5. The topological polar surface area (TPSA) is 123 Å². The van der Waals surface area contributed by atoms with Crippen LogP contribution in [0.5, 0.6) is 0 Å². The van der Waals surface area contributed by atoms with E-state index in [1.807, 2.05) is 0 Å². The number of alkyl halides is 2. The van der Waals surface area contributed by atoms with E-state index in [-0.39, 0.29) is 17.2 Å². The number of anilines is 1. The highest BCUT2D eigenvalue weighted by molar-refractivity contribution is 7.90. The molecule has 0 bridgehead atoms. The van der Waals surface area contributed by atoms with Crippen LogP contribution < -0.4 is 10.0 Å². The molecule has 3 heterocycles. The largest absolute Gasteiger partial charge is 0.395 e. The number of hydrogen-bond acceptors (Lipinski definition) is 6. The summed E-state index contributed by atoms with van der Waals surface area (Å²) in [6.45, 7) is -0.254. The molecule has 2 unspecified atom stereocenters. The SMILES string of the molecule is Cn1cc2c(c1C(O)Nc1ccnc(C(F)F)c1)CC[C@H](CO)NS2(=N)=O. The van der Waals surface area contributed by atoms with E-state index >= 15 is 0 Å². The van der Waals surface area contributed by atoms with Crippen LogP contribution in [0.2, 0.25) is 0 Å². The predicted octanol–water partition coefficient (Wildman–Crippen LogP) is 1.68. The lowest BCUT2D eigenvalue weighted by molar-refractivity contribution is 0.146.